The van der Waals surface area contributed by atoms with Gasteiger partial charge in [-0.1, -0.05) is 60.7 Å². The number of benzene rings is 2. The molecule has 262 valence electrons. The van der Waals surface area contributed by atoms with Gasteiger partial charge in [0.25, 0.3) is 6.47 Å². The average Bonchev–Trinajstić information content (AvgIpc) is 3.78. The Balaban J connectivity index is 0.000000270. The second-order valence-electron chi connectivity index (χ2n) is 10.9. The largest absolute Gasteiger partial charge is 1.00 e. The van der Waals surface area contributed by atoms with E-state index in [0.29, 0.717) is 31.9 Å². The molecule has 13 nitrogen and oxygen atoms in total. The van der Waals surface area contributed by atoms with Crippen LogP contribution in [-0.2, 0) is 45.6 Å². The van der Waals surface area contributed by atoms with E-state index in [1.165, 1.54) is 42.0 Å². The number of aromatic nitrogens is 6. The molecule has 2 aliphatic heterocycles. The summed E-state index contributed by atoms with van der Waals surface area (Å²) in [4.78, 5) is 13.8. The second-order valence-corrected chi connectivity index (χ2v) is 14.1. The van der Waals surface area contributed by atoms with Crippen molar-refractivity contribution < 1.29 is 95.0 Å². The average molecular weight is 828 g/mol. The number of ether oxygens (including phenoxy) is 2. The van der Waals surface area contributed by atoms with E-state index >= 15 is 0 Å². The third-order valence-corrected chi connectivity index (χ3v) is 11.2. The number of nitrogens with zero attached hydrogens (tertiary/aromatic N) is 6. The van der Waals surface area contributed by atoms with E-state index in [1.54, 1.807) is 46.9 Å². The summed E-state index contributed by atoms with van der Waals surface area (Å²) in [6.07, 6.45) is 0. The fourth-order valence-corrected chi connectivity index (χ4v) is 8.42. The van der Waals surface area contributed by atoms with Crippen molar-refractivity contribution in [2.24, 2.45) is 0 Å². The molecule has 0 amide bonds. The monoisotopic (exact) mass is 826 g/mol. The number of hydrogen-bond donors (Lipinski definition) is 2. The molecule has 4 aromatic heterocycles. The van der Waals surface area contributed by atoms with Crippen molar-refractivity contribution in [1.29, 1.82) is 0 Å². The van der Waals surface area contributed by atoms with E-state index in [1.807, 2.05) is 26.0 Å². The summed E-state index contributed by atoms with van der Waals surface area (Å²) in [5, 5.41) is 44.6. The molecule has 0 saturated heterocycles. The molecule has 0 spiro atoms. The Hall–Kier alpha value is -2.07. The molecule has 0 fully saturated rings. The van der Waals surface area contributed by atoms with Gasteiger partial charge in [0.05, 0.1) is 13.2 Å². The van der Waals surface area contributed by atoms with Crippen LogP contribution in [0.1, 0.15) is 45.6 Å². The molecule has 2 aliphatic rings. The van der Waals surface area contributed by atoms with Gasteiger partial charge in [-0.05, 0) is 54.7 Å². The number of halogens is 1. The summed E-state index contributed by atoms with van der Waals surface area (Å²) in [7, 11) is -1.34. The van der Waals surface area contributed by atoms with Gasteiger partial charge in [-0.15, -0.1) is 43.1 Å². The van der Waals surface area contributed by atoms with E-state index in [4.69, 9.17) is 29.6 Å². The summed E-state index contributed by atoms with van der Waals surface area (Å²) in [6, 6.07) is 19.2. The second kappa shape index (κ2) is 21.1. The topological polar surface area (TPSA) is 170 Å². The normalized spacial score (nSPS) is 11.9. The number of thiophene rings is 2. The minimum atomic E-state index is -1.34. The van der Waals surface area contributed by atoms with Crippen molar-refractivity contribution in [3.8, 4) is 21.1 Å². The summed E-state index contributed by atoms with van der Waals surface area (Å²) in [5.74, 6) is 3.59. The Morgan fingerprint density at radius 3 is 1.73 bits per heavy atom. The maximum absolute atomic E-state index is 8.64. The Morgan fingerprint density at radius 2 is 1.25 bits per heavy atom. The van der Waals surface area contributed by atoms with Crippen LogP contribution in [0.3, 0.4) is 0 Å². The molecule has 6 aromatic rings. The van der Waals surface area contributed by atoms with Crippen LogP contribution in [0.25, 0.3) is 21.1 Å². The molecule has 0 saturated carbocycles. The van der Waals surface area contributed by atoms with Gasteiger partial charge in [0, 0.05) is 30.9 Å². The van der Waals surface area contributed by atoms with Crippen LogP contribution in [0.15, 0.2) is 65.1 Å². The molecule has 8 rings (SSSR count). The van der Waals surface area contributed by atoms with Gasteiger partial charge >= 0.3 is 66.2 Å². The SMILES string of the molecule is Cc1sc2c(c1-c1ccccc1)COCc1nnc(C)n1-2.Cc1sc2c(c1Br)COCc1nnc(C)n1-2.O=CO[O-].OB(O)c1ccccc1.[H-].[Na+].[Na+]. The number of rotatable bonds is 3. The van der Waals surface area contributed by atoms with Gasteiger partial charge in [0.2, 0.25) is 0 Å². The van der Waals surface area contributed by atoms with E-state index < -0.39 is 7.12 Å². The zero-order chi connectivity index (χ0) is 35.8. The number of carbonyl (C=O) groups is 1. The third kappa shape index (κ3) is 10.4. The molecule has 0 aliphatic carbocycles. The fourth-order valence-electron chi connectivity index (χ4n) is 5.38. The Morgan fingerprint density at radius 1 is 0.788 bits per heavy atom. The van der Waals surface area contributed by atoms with Crippen molar-refractivity contribution >= 4 is 57.7 Å². The molecular weight excluding hydrogens is 793 g/mol. The van der Waals surface area contributed by atoms with Crippen LogP contribution in [0.5, 0.6) is 0 Å². The first-order chi connectivity index (χ1) is 24.2. The molecule has 0 unspecified atom stereocenters. The predicted molar refractivity (Wildman–Crippen MR) is 192 cm³/mol. The Bertz CT molecular complexity index is 2050. The summed E-state index contributed by atoms with van der Waals surface area (Å²) in [5.41, 5.74) is 5.49. The first-order valence-electron chi connectivity index (χ1n) is 15.2. The molecule has 0 atom stereocenters. The van der Waals surface area contributed by atoms with Gasteiger partial charge in [-0.2, -0.15) is 0 Å². The molecule has 0 radical (unpaired) electrons. The molecule has 52 heavy (non-hydrogen) atoms. The van der Waals surface area contributed by atoms with E-state index in [-0.39, 0.29) is 67.0 Å². The number of aryl methyl sites for hydroxylation is 4. The maximum atomic E-state index is 8.64. The Labute approximate surface area is 363 Å². The van der Waals surface area contributed by atoms with Gasteiger partial charge in [0.15, 0.2) is 11.6 Å². The molecule has 0 bridgehead atoms. The van der Waals surface area contributed by atoms with E-state index in [9.17, 15) is 0 Å². The van der Waals surface area contributed by atoms with E-state index in [0.717, 1.165) is 27.8 Å². The molecule has 2 N–H and O–H groups in total. The van der Waals surface area contributed by atoms with Gasteiger partial charge in [-0.3, -0.25) is 13.9 Å². The number of fused-ring (bicyclic) bond motifs is 6. The van der Waals surface area contributed by atoms with Crippen molar-refractivity contribution in [2.75, 3.05) is 0 Å². The van der Waals surface area contributed by atoms with Crippen LogP contribution < -0.4 is 69.8 Å². The fraction of sp³-hybridized carbons (Fsp3) is 0.242. The van der Waals surface area contributed by atoms with Gasteiger partial charge in [0.1, 0.15) is 34.9 Å². The van der Waals surface area contributed by atoms with E-state index in [2.05, 4.69) is 88.5 Å². The standard InChI is InChI=1S/C16H15N3OS.C10H10BrN3OS.C6H7BO2.CH2O3.2Na.H/c1-10-15(12-6-4-3-5-7-12)13-8-20-9-14-18-17-11(2)19(14)16(13)21-10;1-5-9(11)7-3-15-4-8-13-12-6(2)14(8)10(7)16-5;8-7(9)6-4-2-1-3-5-6;2-1-4-3;;;/h3-7H,8-9H2,1-2H3;3-4H2,1-2H3;1-5,8-9H;1,3H;;;/q;;;;2*+1;-1/p-1. The van der Waals surface area contributed by atoms with Gasteiger partial charge in [-0.25, -0.2) is 0 Å². The van der Waals surface area contributed by atoms with Crippen LogP contribution in [0, 0.1) is 27.7 Å². The third-order valence-electron chi connectivity index (χ3n) is 7.59. The minimum Gasteiger partial charge on any atom is -1.00 e. The van der Waals surface area contributed by atoms with Crippen LogP contribution in [-0.4, -0.2) is 53.2 Å². The first-order valence-corrected chi connectivity index (χ1v) is 17.7. The van der Waals surface area contributed by atoms with Gasteiger partial charge < -0.3 is 31.1 Å². The van der Waals surface area contributed by atoms with Crippen molar-refractivity contribution in [3.63, 3.8) is 0 Å². The van der Waals surface area contributed by atoms with Crippen molar-refractivity contribution in [2.45, 2.75) is 54.1 Å². The molecule has 19 heteroatoms. The number of hydrogen-bond acceptors (Lipinski definition) is 13. The smallest absolute Gasteiger partial charge is 1.00 e. The molecular formula is C33H34BBrN6Na2O7S2. The molecule has 6 heterocycles. The quantitative estimate of drug-likeness (QED) is 0.0904. The Kier molecular flexibility index (Phi) is 18.0. The van der Waals surface area contributed by atoms with Crippen molar-refractivity contribution in [3.05, 3.63) is 109 Å². The predicted octanol–water partition coefficient (Wildman–Crippen LogP) is -1.70. The minimum absolute atomic E-state index is 0. The van der Waals surface area contributed by atoms with Crippen LogP contribution in [0.2, 0.25) is 0 Å². The summed E-state index contributed by atoms with van der Waals surface area (Å²) < 4.78 is 16.8. The van der Waals surface area contributed by atoms with Crippen LogP contribution >= 0.6 is 38.6 Å². The summed E-state index contributed by atoms with van der Waals surface area (Å²) in [6.45, 7) is 10.3. The summed E-state index contributed by atoms with van der Waals surface area (Å²) >= 11 is 7.15. The molecule has 2 aromatic carbocycles. The first kappa shape index (κ1) is 44.3. The number of carbonyl (C=O) groups excluding carboxylic acids is 1. The zero-order valence-electron chi connectivity index (χ0n) is 30.6. The maximum Gasteiger partial charge on any atom is 1.00 e. The zero-order valence-corrected chi connectivity index (χ0v) is 36.8. The van der Waals surface area contributed by atoms with Crippen molar-refractivity contribution in [1.82, 2.24) is 29.5 Å². The van der Waals surface area contributed by atoms with Crippen LogP contribution in [0.4, 0.5) is 0 Å².